The molecular formula is C20H28N2O2S. The number of aryl methyl sites for hydroxylation is 4. The third kappa shape index (κ3) is 5.31. The van der Waals surface area contributed by atoms with Crippen LogP contribution < -0.4 is 10.0 Å². The molecular weight excluding hydrogens is 332 g/mol. The van der Waals surface area contributed by atoms with Crippen molar-refractivity contribution in [3.8, 4) is 0 Å². The van der Waals surface area contributed by atoms with Gasteiger partial charge in [0.05, 0.1) is 4.90 Å². The molecule has 2 rings (SSSR count). The van der Waals surface area contributed by atoms with Crippen molar-refractivity contribution in [2.24, 2.45) is 0 Å². The first-order valence-electron chi connectivity index (χ1n) is 8.68. The van der Waals surface area contributed by atoms with Gasteiger partial charge in [0.1, 0.15) is 0 Å². The normalized spacial score (nSPS) is 11.5. The van der Waals surface area contributed by atoms with E-state index < -0.39 is 10.0 Å². The van der Waals surface area contributed by atoms with Crippen LogP contribution in [0.25, 0.3) is 0 Å². The Bertz CT molecular complexity index is 806. The maximum atomic E-state index is 12.6. The molecule has 2 aromatic rings. The highest BCUT2D eigenvalue weighted by Crippen LogP contribution is 2.21. The highest BCUT2D eigenvalue weighted by molar-refractivity contribution is 7.89. The van der Waals surface area contributed by atoms with E-state index in [1.54, 1.807) is 0 Å². The lowest BCUT2D eigenvalue weighted by Gasteiger charge is -2.13. The minimum Gasteiger partial charge on any atom is -0.385 e. The molecule has 0 unspecified atom stereocenters. The summed E-state index contributed by atoms with van der Waals surface area (Å²) in [6, 6.07) is 12.0. The predicted octanol–water partition coefficient (Wildman–Crippen LogP) is 4.09. The maximum Gasteiger partial charge on any atom is 0.241 e. The Morgan fingerprint density at radius 2 is 1.44 bits per heavy atom. The van der Waals surface area contributed by atoms with Gasteiger partial charge in [-0.3, -0.25) is 0 Å². The fraction of sp³-hybridized carbons (Fsp3) is 0.400. The first-order chi connectivity index (χ1) is 11.8. The molecule has 0 saturated heterocycles. The number of benzene rings is 2. The highest BCUT2D eigenvalue weighted by Gasteiger charge is 2.19. The summed E-state index contributed by atoms with van der Waals surface area (Å²) in [6.45, 7) is 9.02. The number of hydrogen-bond donors (Lipinski definition) is 2. The molecule has 0 radical (unpaired) electrons. The number of unbranched alkanes of at least 4 members (excludes halogenated alkanes) is 1. The van der Waals surface area contributed by atoms with Crippen molar-refractivity contribution < 1.29 is 8.42 Å². The van der Waals surface area contributed by atoms with Gasteiger partial charge in [0.15, 0.2) is 0 Å². The molecule has 5 heteroatoms. The van der Waals surface area contributed by atoms with Crippen molar-refractivity contribution >= 4 is 15.7 Å². The summed E-state index contributed by atoms with van der Waals surface area (Å²) in [5, 5.41) is 3.39. The van der Waals surface area contributed by atoms with Gasteiger partial charge >= 0.3 is 0 Å². The molecule has 2 N–H and O–H groups in total. The lowest BCUT2D eigenvalue weighted by molar-refractivity contribution is 0.576. The second kappa shape index (κ2) is 8.50. The number of para-hydroxylation sites is 1. The van der Waals surface area contributed by atoms with Crippen molar-refractivity contribution in [1.29, 1.82) is 0 Å². The Kier molecular flexibility index (Phi) is 6.62. The first-order valence-corrected chi connectivity index (χ1v) is 10.2. The van der Waals surface area contributed by atoms with Crippen LogP contribution in [0.2, 0.25) is 0 Å². The van der Waals surface area contributed by atoms with E-state index in [0.717, 1.165) is 41.8 Å². The monoisotopic (exact) mass is 360 g/mol. The number of hydrogen-bond acceptors (Lipinski definition) is 3. The summed E-state index contributed by atoms with van der Waals surface area (Å²) < 4.78 is 27.8. The third-order valence-electron chi connectivity index (χ3n) is 4.23. The van der Waals surface area contributed by atoms with Crippen LogP contribution in [0.15, 0.2) is 41.3 Å². The van der Waals surface area contributed by atoms with Gasteiger partial charge in [-0.15, -0.1) is 0 Å². The van der Waals surface area contributed by atoms with Crippen molar-refractivity contribution in [2.75, 3.05) is 18.4 Å². The zero-order valence-electron chi connectivity index (χ0n) is 15.5. The molecule has 0 aliphatic heterocycles. The largest absolute Gasteiger partial charge is 0.385 e. The van der Waals surface area contributed by atoms with Crippen molar-refractivity contribution in [2.45, 2.75) is 45.4 Å². The van der Waals surface area contributed by atoms with Crippen LogP contribution >= 0.6 is 0 Å². The first kappa shape index (κ1) is 19.5. The predicted molar refractivity (Wildman–Crippen MR) is 105 cm³/mol. The molecule has 0 aliphatic carbocycles. The van der Waals surface area contributed by atoms with Crippen LogP contribution in [0, 0.1) is 27.7 Å². The quantitative estimate of drug-likeness (QED) is 0.697. The Morgan fingerprint density at radius 3 is 2.08 bits per heavy atom. The van der Waals surface area contributed by atoms with E-state index in [2.05, 4.69) is 29.1 Å². The second-order valence-electron chi connectivity index (χ2n) is 6.57. The smallest absolute Gasteiger partial charge is 0.241 e. The molecule has 0 aliphatic rings. The Labute approximate surface area is 151 Å². The van der Waals surface area contributed by atoms with E-state index in [-0.39, 0.29) is 0 Å². The minimum atomic E-state index is -3.45. The Balaban J connectivity index is 1.82. The van der Waals surface area contributed by atoms with Crippen LogP contribution in [-0.4, -0.2) is 21.5 Å². The average Bonchev–Trinajstić information content (AvgIpc) is 2.51. The van der Waals surface area contributed by atoms with Gasteiger partial charge in [-0.2, -0.15) is 0 Å². The number of sulfonamides is 1. The summed E-state index contributed by atoms with van der Waals surface area (Å²) in [6.07, 6.45) is 1.70. The van der Waals surface area contributed by atoms with E-state index in [0.29, 0.717) is 11.4 Å². The van der Waals surface area contributed by atoms with Crippen molar-refractivity contribution in [1.82, 2.24) is 4.72 Å². The Morgan fingerprint density at radius 1 is 0.840 bits per heavy atom. The van der Waals surface area contributed by atoms with Gasteiger partial charge in [-0.25, -0.2) is 13.1 Å². The van der Waals surface area contributed by atoms with Crippen LogP contribution in [-0.2, 0) is 10.0 Å². The average molecular weight is 361 g/mol. The van der Waals surface area contributed by atoms with Crippen LogP contribution in [0.1, 0.15) is 35.1 Å². The van der Waals surface area contributed by atoms with E-state index in [1.807, 2.05) is 45.0 Å². The van der Waals surface area contributed by atoms with Crippen LogP contribution in [0.5, 0.6) is 0 Å². The number of nitrogens with one attached hydrogen (secondary N) is 2. The summed E-state index contributed by atoms with van der Waals surface area (Å²) in [5.74, 6) is 0. The molecule has 0 aromatic heterocycles. The molecule has 136 valence electrons. The topological polar surface area (TPSA) is 58.2 Å². The molecule has 0 saturated carbocycles. The lowest BCUT2D eigenvalue weighted by Crippen LogP contribution is -2.26. The standard InChI is InChI=1S/C20H28N2O2S/c1-15-13-17(3)20(18(4)14-15)25(23,24)22-12-8-7-11-21-19-10-6-5-9-16(19)2/h5-6,9-10,13-14,21-22H,7-8,11-12H2,1-4H3. The summed E-state index contributed by atoms with van der Waals surface area (Å²) in [7, 11) is -3.45. The molecule has 2 aromatic carbocycles. The SMILES string of the molecule is Cc1cc(C)c(S(=O)(=O)NCCCCNc2ccccc2C)c(C)c1. The van der Waals surface area contributed by atoms with E-state index in [1.165, 1.54) is 5.56 Å². The van der Waals surface area contributed by atoms with Gasteiger partial charge < -0.3 is 5.32 Å². The minimum absolute atomic E-state index is 0.413. The zero-order chi connectivity index (χ0) is 18.4. The molecule has 25 heavy (non-hydrogen) atoms. The van der Waals surface area contributed by atoms with Crippen molar-refractivity contribution in [3.63, 3.8) is 0 Å². The number of anilines is 1. The van der Waals surface area contributed by atoms with Gasteiger partial charge in [0, 0.05) is 18.8 Å². The lowest BCUT2D eigenvalue weighted by atomic mass is 10.1. The van der Waals surface area contributed by atoms with E-state index >= 15 is 0 Å². The zero-order valence-corrected chi connectivity index (χ0v) is 16.3. The molecule has 0 atom stereocenters. The summed E-state index contributed by atoms with van der Waals surface area (Å²) in [5.41, 5.74) is 5.02. The van der Waals surface area contributed by atoms with E-state index in [4.69, 9.17) is 0 Å². The van der Waals surface area contributed by atoms with Gasteiger partial charge in [-0.05, 0) is 63.3 Å². The molecule has 4 nitrogen and oxygen atoms in total. The molecule has 0 fully saturated rings. The van der Waals surface area contributed by atoms with Crippen molar-refractivity contribution in [3.05, 3.63) is 58.7 Å². The van der Waals surface area contributed by atoms with Gasteiger partial charge in [-0.1, -0.05) is 35.9 Å². The highest BCUT2D eigenvalue weighted by atomic mass is 32.2. The third-order valence-corrected chi connectivity index (χ3v) is 6.00. The maximum absolute atomic E-state index is 12.6. The summed E-state index contributed by atoms with van der Waals surface area (Å²) >= 11 is 0. The fourth-order valence-corrected chi connectivity index (χ4v) is 4.64. The van der Waals surface area contributed by atoms with E-state index in [9.17, 15) is 8.42 Å². The van der Waals surface area contributed by atoms with Gasteiger partial charge in [0.2, 0.25) is 10.0 Å². The summed E-state index contributed by atoms with van der Waals surface area (Å²) in [4.78, 5) is 0.413. The van der Waals surface area contributed by atoms with Crippen LogP contribution in [0.3, 0.4) is 0 Å². The number of rotatable bonds is 8. The molecule has 0 bridgehead atoms. The second-order valence-corrected chi connectivity index (χ2v) is 8.28. The molecule has 0 spiro atoms. The Hall–Kier alpha value is -1.85. The van der Waals surface area contributed by atoms with Crippen LogP contribution in [0.4, 0.5) is 5.69 Å². The fourth-order valence-electron chi connectivity index (χ4n) is 3.11. The van der Waals surface area contributed by atoms with Gasteiger partial charge in [0.25, 0.3) is 0 Å². The molecule has 0 heterocycles. The molecule has 0 amide bonds.